The van der Waals surface area contributed by atoms with Gasteiger partial charge < -0.3 is 14.9 Å². The molecule has 1 aromatic carbocycles. The lowest BCUT2D eigenvalue weighted by molar-refractivity contribution is -0.147. The first-order valence-electron chi connectivity index (χ1n) is 8.13. The maximum atomic E-state index is 12.6. The van der Waals surface area contributed by atoms with Crippen LogP contribution in [0.3, 0.4) is 0 Å². The van der Waals surface area contributed by atoms with Gasteiger partial charge in [0.05, 0.1) is 5.92 Å². The van der Waals surface area contributed by atoms with Gasteiger partial charge in [-0.25, -0.2) is 0 Å². The van der Waals surface area contributed by atoms with Crippen LogP contribution in [0.2, 0.25) is 0 Å². The number of carboxylic acid groups (broad SMARTS) is 1. The Bertz CT molecular complexity index is 624. The summed E-state index contributed by atoms with van der Waals surface area (Å²) in [7, 11) is 0. The summed E-state index contributed by atoms with van der Waals surface area (Å²) in [5.74, 6) is -1.83. The number of carboxylic acids is 1. The molecule has 24 heavy (non-hydrogen) atoms. The van der Waals surface area contributed by atoms with E-state index >= 15 is 0 Å². The minimum Gasteiger partial charge on any atom is -0.480 e. The fraction of sp³-hybridized carbons (Fsp3) is 0.500. The fourth-order valence-electron chi connectivity index (χ4n) is 2.90. The zero-order valence-electron chi connectivity index (χ0n) is 14.4. The Labute approximate surface area is 142 Å². The molecular formula is C18H24N2O4. The van der Waals surface area contributed by atoms with E-state index in [0.717, 1.165) is 11.1 Å². The van der Waals surface area contributed by atoms with E-state index in [1.165, 1.54) is 4.90 Å². The van der Waals surface area contributed by atoms with Gasteiger partial charge in [0.1, 0.15) is 6.54 Å². The van der Waals surface area contributed by atoms with E-state index in [4.69, 9.17) is 5.11 Å². The quantitative estimate of drug-likeness (QED) is 0.859. The molecule has 1 atom stereocenters. The van der Waals surface area contributed by atoms with Crippen LogP contribution in [0.4, 0.5) is 0 Å². The molecule has 1 aliphatic heterocycles. The number of carbonyl (C=O) groups excluding carboxylic acids is 2. The van der Waals surface area contributed by atoms with Gasteiger partial charge in [-0.2, -0.15) is 0 Å². The van der Waals surface area contributed by atoms with Gasteiger partial charge in [0.25, 0.3) is 0 Å². The van der Waals surface area contributed by atoms with Gasteiger partial charge in [-0.15, -0.1) is 0 Å². The first-order chi connectivity index (χ1) is 11.3. The lowest BCUT2D eigenvalue weighted by Gasteiger charge is -2.27. The molecule has 0 aromatic heterocycles. The summed E-state index contributed by atoms with van der Waals surface area (Å²) in [6.45, 7) is 6.04. The molecule has 0 spiro atoms. The molecule has 0 radical (unpaired) electrons. The van der Waals surface area contributed by atoms with Crippen molar-refractivity contribution in [1.29, 1.82) is 0 Å². The highest BCUT2D eigenvalue weighted by atomic mass is 16.4. The molecule has 1 aliphatic rings. The van der Waals surface area contributed by atoms with Gasteiger partial charge in [-0.1, -0.05) is 29.8 Å². The highest BCUT2D eigenvalue weighted by Crippen LogP contribution is 2.23. The van der Waals surface area contributed by atoms with Gasteiger partial charge in [-0.3, -0.25) is 14.4 Å². The summed E-state index contributed by atoms with van der Waals surface area (Å²) in [5.41, 5.74) is 2.18. The number of hydrogen-bond donors (Lipinski definition) is 1. The standard InChI is InChI=1S/C18H24N2O4/c1-12(2)20(11-17(22)23)18(24)15-8-16(21)19(10-15)9-14-6-4-13(3)5-7-14/h4-7,12,15H,8-11H2,1-3H3,(H,22,23). The second-order valence-corrected chi connectivity index (χ2v) is 6.61. The minimum atomic E-state index is -1.04. The van der Waals surface area contributed by atoms with Crippen molar-refractivity contribution in [3.05, 3.63) is 35.4 Å². The zero-order chi connectivity index (χ0) is 17.9. The van der Waals surface area contributed by atoms with Crippen LogP contribution in [0.5, 0.6) is 0 Å². The van der Waals surface area contributed by atoms with Crippen LogP contribution in [0.1, 0.15) is 31.4 Å². The molecular weight excluding hydrogens is 308 g/mol. The SMILES string of the molecule is Cc1ccc(CN2CC(C(=O)N(CC(=O)O)C(C)C)CC2=O)cc1. The van der Waals surface area contributed by atoms with Crippen molar-refractivity contribution in [2.45, 2.75) is 39.8 Å². The van der Waals surface area contributed by atoms with E-state index in [1.807, 2.05) is 31.2 Å². The molecule has 2 rings (SSSR count). The number of rotatable bonds is 6. The number of carbonyl (C=O) groups is 3. The Morgan fingerprint density at radius 3 is 2.46 bits per heavy atom. The second kappa shape index (κ2) is 7.47. The molecule has 6 nitrogen and oxygen atoms in total. The molecule has 1 heterocycles. The topological polar surface area (TPSA) is 77.9 Å². The van der Waals surface area contributed by atoms with Crippen molar-refractivity contribution in [3.8, 4) is 0 Å². The summed E-state index contributed by atoms with van der Waals surface area (Å²) in [6.07, 6.45) is 0.146. The van der Waals surface area contributed by atoms with Gasteiger partial charge in [-0.05, 0) is 26.3 Å². The summed E-state index contributed by atoms with van der Waals surface area (Å²) in [5, 5.41) is 8.97. The maximum absolute atomic E-state index is 12.6. The van der Waals surface area contributed by atoms with Gasteiger partial charge >= 0.3 is 5.97 Å². The van der Waals surface area contributed by atoms with Crippen molar-refractivity contribution < 1.29 is 19.5 Å². The van der Waals surface area contributed by atoms with Gasteiger partial charge in [0, 0.05) is 25.6 Å². The average molecular weight is 332 g/mol. The Hall–Kier alpha value is -2.37. The number of aryl methyl sites for hydroxylation is 1. The van der Waals surface area contributed by atoms with Crippen LogP contribution in [-0.2, 0) is 20.9 Å². The number of aliphatic carboxylic acids is 1. The van der Waals surface area contributed by atoms with Crippen LogP contribution < -0.4 is 0 Å². The largest absolute Gasteiger partial charge is 0.480 e. The molecule has 1 fully saturated rings. The summed E-state index contributed by atoms with van der Waals surface area (Å²) in [6, 6.07) is 7.72. The Morgan fingerprint density at radius 1 is 1.29 bits per heavy atom. The number of hydrogen-bond acceptors (Lipinski definition) is 3. The molecule has 0 aliphatic carbocycles. The predicted octanol–water partition coefficient (Wildman–Crippen LogP) is 1.67. The fourth-order valence-corrected chi connectivity index (χ4v) is 2.90. The van der Waals surface area contributed by atoms with Crippen molar-refractivity contribution in [3.63, 3.8) is 0 Å². The number of nitrogens with zero attached hydrogens (tertiary/aromatic N) is 2. The number of amides is 2. The van der Waals surface area contributed by atoms with E-state index in [9.17, 15) is 14.4 Å². The predicted molar refractivity (Wildman–Crippen MR) is 89.2 cm³/mol. The monoisotopic (exact) mass is 332 g/mol. The highest BCUT2D eigenvalue weighted by Gasteiger charge is 2.37. The highest BCUT2D eigenvalue weighted by molar-refractivity contribution is 5.90. The third kappa shape index (κ3) is 4.34. The summed E-state index contributed by atoms with van der Waals surface area (Å²) in [4.78, 5) is 38.8. The van der Waals surface area contributed by atoms with E-state index in [0.29, 0.717) is 13.1 Å². The van der Waals surface area contributed by atoms with Crippen molar-refractivity contribution in [2.75, 3.05) is 13.1 Å². The molecule has 0 saturated carbocycles. The Balaban J connectivity index is 2.03. The molecule has 1 saturated heterocycles. The third-order valence-corrected chi connectivity index (χ3v) is 4.27. The van der Waals surface area contributed by atoms with Crippen LogP contribution in [0.25, 0.3) is 0 Å². The lowest BCUT2D eigenvalue weighted by Crippen LogP contribution is -2.44. The first kappa shape index (κ1) is 18.0. The van der Waals surface area contributed by atoms with E-state index < -0.39 is 11.9 Å². The normalized spacial score (nSPS) is 17.4. The molecule has 1 aromatic rings. The van der Waals surface area contributed by atoms with Crippen LogP contribution in [0.15, 0.2) is 24.3 Å². The van der Waals surface area contributed by atoms with E-state index in [2.05, 4.69) is 0 Å². The van der Waals surface area contributed by atoms with Crippen molar-refractivity contribution >= 4 is 17.8 Å². The smallest absolute Gasteiger partial charge is 0.323 e. The van der Waals surface area contributed by atoms with Gasteiger partial charge in [0.15, 0.2) is 0 Å². The average Bonchev–Trinajstić information content (AvgIpc) is 2.87. The Morgan fingerprint density at radius 2 is 1.92 bits per heavy atom. The third-order valence-electron chi connectivity index (χ3n) is 4.27. The first-order valence-corrected chi connectivity index (χ1v) is 8.13. The van der Waals surface area contributed by atoms with Crippen molar-refractivity contribution in [2.24, 2.45) is 5.92 Å². The molecule has 6 heteroatoms. The maximum Gasteiger partial charge on any atom is 0.323 e. The number of benzene rings is 1. The van der Waals surface area contributed by atoms with Crippen LogP contribution in [-0.4, -0.2) is 51.8 Å². The molecule has 1 N–H and O–H groups in total. The van der Waals surface area contributed by atoms with E-state index in [1.54, 1.807) is 18.7 Å². The molecule has 0 bridgehead atoms. The Kier molecular flexibility index (Phi) is 5.59. The molecule has 130 valence electrons. The molecule has 2 amide bonds. The molecule has 1 unspecified atom stereocenters. The van der Waals surface area contributed by atoms with Crippen LogP contribution >= 0.6 is 0 Å². The van der Waals surface area contributed by atoms with Gasteiger partial charge in [0.2, 0.25) is 11.8 Å². The lowest BCUT2D eigenvalue weighted by atomic mass is 10.1. The van der Waals surface area contributed by atoms with Crippen LogP contribution in [0, 0.1) is 12.8 Å². The summed E-state index contributed by atoms with van der Waals surface area (Å²) >= 11 is 0. The number of likely N-dealkylation sites (tertiary alicyclic amines) is 1. The zero-order valence-corrected chi connectivity index (χ0v) is 14.4. The minimum absolute atomic E-state index is 0.0621. The van der Waals surface area contributed by atoms with Crippen molar-refractivity contribution in [1.82, 2.24) is 9.80 Å². The summed E-state index contributed by atoms with van der Waals surface area (Å²) < 4.78 is 0. The second-order valence-electron chi connectivity index (χ2n) is 6.61. The van der Waals surface area contributed by atoms with E-state index in [-0.39, 0.29) is 30.8 Å².